The Bertz CT molecular complexity index is 614. The molecule has 0 amide bonds. The fraction of sp³-hybridized carbons (Fsp3) is 0.176. The van der Waals surface area contributed by atoms with Crippen LogP contribution in [0.1, 0.15) is 17.5 Å². The summed E-state index contributed by atoms with van der Waals surface area (Å²) >= 11 is 0. The Morgan fingerprint density at radius 3 is 2.74 bits per heavy atom. The topological polar surface area (TPSA) is 29.5 Å². The second-order valence-electron chi connectivity index (χ2n) is 4.58. The Kier molecular flexibility index (Phi) is 3.34. The molecule has 3 rings (SSSR count). The normalized spacial score (nSPS) is 13.5. The van der Waals surface area contributed by atoms with E-state index >= 15 is 0 Å². The van der Waals surface area contributed by atoms with Crippen molar-refractivity contribution in [1.82, 2.24) is 0 Å². The zero-order valence-corrected chi connectivity index (χ0v) is 10.7. The molecule has 1 aliphatic heterocycles. The van der Waals surface area contributed by atoms with E-state index in [-0.39, 0.29) is 6.61 Å². The maximum Gasteiger partial charge on any atom is 0.134 e. The first kappa shape index (κ1) is 12.0. The van der Waals surface area contributed by atoms with Gasteiger partial charge in [0.1, 0.15) is 5.75 Å². The third-order valence-corrected chi connectivity index (χ3v) is 3.35. The largest absolute Gasteiger partial charge is 0.492 e. The molecule has 1 heterocycles. The van der Waals surface area contributed by atoms with Crippen LogP contribution in [0.4, 0.5) is 0 Å². The Morgan fingerprint density at radius 1 is 1.00 bits per heavy atom. The Morgan fingerprint density at radius 2 is 1.84 bits per heavy atom. The number of ether oxygens (including phenoxy) is 1. The summed E-state index contributed by atoms with van der Waals surface area (Å²) in [5.41, 5.74) is 4.11. The van der Waals surface area contributed by atoms with Gasteiger partial charge < -0.3 is 9.84 Å². The second-order valence-corrected chi connectivity index (χ2v) is 4.58. The molecule has 0 unspecified atom stereocenters. The lowest BCUT2D eigenvalue weighted by Gasteiger charge is -2.14. The molecule has 2 nitrogen and oxygen atoms in total. The summed E-state index contributed by atoms with van der Waals surface area (Å²) in [4.78, 5) is 0. The van der Waals surface area contributed by atoms with Crippen LogP contribution in [-0.2, 0) is 6.61 Å². The molecule has 0 aromatic heterocycles. The third-order valence-electron chi connectivity index (χ3n) is 3.35. The van der Waals surface area contributed by atoms with Gasteiger partial charge in [-0.3, -0.25) is 0 Å². The molecule has 0 fully saturated rings. The summed E-state index contributed by atoms with van der Waals surface area (Å²) in [5, 5.41) is 9.48. The van der Waals surface area contributed by atoms with Gasteiger partial charge >= 0.3 is 0 Å². The number of benzene rings is 2. The van der Waals surface area contributed by atoms with E-state index < -0.39 is 0 Å². The minimum atomic E-state index is 0.0374. The zero-order valence-electron chi connectivity index (χ0n) is 10.7. The van der Waals surface area contributed by atoms with Gasteiger partial charge in [0.2, 0.25) is 0 Å². The highest BCUT2D eigenvalue weighted by Crippen LogP contribution is 2.36. The molecule has 2 heteroatoms. The minimum absolute atomic E-state index is 0.0374. The van der Waals surface area contributed by atoms with E-state index in [9.17, 15) is 5.11 Å². The van der Waals surface area contributed by atoms with Crippen molar-refractivity contribution in [1.29, 1.82) is 0 Å². The average molecular weight is 252 g/mol. The first-order chi connectivity index (χ1) is 9.40. The van der Waals surface area contributed by atoms with Crippen LogP contribution >= 0.6 is 0 Å². The number of fused-ring (bicyclic) bond motifs is 1. The molecular formula is C17H16O2. The van der Waals surface area contributed by atoms with Gasteiger partial charge in [-0.05, 0) is 17.5 Å². The molecule has 2 aromatic rings. The van der Waals surface area contributed by atoms with Crippen LogP contribution in [-0.4, -0.2) is 11.7 Å². The number of aliphatic hydroxyl groups is 1. The molecule has 1 N–H and O–H groups in total. The fourth-order valence-electron chi connectivity index (χ4n) is 2.42. The highest BCUT2D eigenvalue weighted by molar-refractivity contribution is 5.78. The summed E-state index contributed by atoms with van der Waals surface area (Å²) in [6.45, 7) is 0.734. The number of hydrogen-bond acceptors (Lipinski definition) is 2. The summed E-state index contributed by atoms with van der Waals surface area (Å²) in [6.07, 6.45) is 5.16. The van der Waals surface area contributed by atoms with Crippen LogP contribution < -0.4 is 4.74 Å². The summed E-state index contributed by atoms with van der Waals surface area (Å²) < 4.78 is 5.89. The first-order valence-electron chi connectivity index (χ1n) is 6.51. The van der Waals surface area contributed by atoms with Crippen LogP contribution in [0.3, 0.4) is 0 Å². The SMILES string of the molecule is OCc1ccccc1-c1cccc2c1OCCC=C2. The Balaban J connectivity index is 2.18. The van der Waals surface area contributed by atoms with E-state index in [1.54, 1.807) is 0 Å². The van der Waals surface area contributed by atoms with Gasteiger partial charge in [-0.1, -0.05) is 54.6 Å². The number of hydrogen-bond donors (Lipinski definition) is 1. The molecule has 0 saturated heterocycles. The molecule has 0 atom stereocenters. The van der Waals surface area contributed by atoms with E-state index in [0.717, 1.165) is 34.4 Å². The van der Waals surface area contributed by atoms with E-state index in [1.807, 2.05) is 36.4 Å². The van der Waals surface area contributed by atoms with Gasteiger partial charge in [-0.15, -0.1) is 0 Å². The number of para-hydroxylation sites is 1. The molecule has 19 heavy (non-hydrogen) atoms. The van der Waals surface area contributed by atoms with Gasteiger partial charge in [0.15, 0.2) is 0 Å². The lowest BCUT2D eigenvalue weighted by atomic mass is 9.97. The van der Waals surface area contributed by atoms with E-state index in [0.29, 0.717) is 6.61 Å². The van der Waals surface area contributed by atoms with Crippen molar-refractivity contribution in [3.8, 4) is 16.9 Å². The Labute approximate surface area is 113 Å². The van der Waals surface area contributed by atoms with Crippen molar-refractivity contribution >= 4 is 6.08 Å². The van der Waals surface area contributed by atoms with Crippen LogP contribution in [0.2, 0.25) is 0 Å². The predicted octanol–water partition coefficient (Wildman–Crippen LogP) is 3.64. The molecule has 0 aliphatic carbocycles. The number of rotatable bonds is 2. The van der Waals surface area contributed by atoms with Crippen LogP contribution in [0.15, 0.2) is 48.5 Å². The van der Waals surface area contributed by atoms with E-state index in [1.165, 1.54) is 0 Å². The molecule has 0 saturated carbocycles. The van der Waals surface area contributed by atoms with Gasteiger partial charge in [-0.25, -0.2) is 0 Å². The molecule has 2 aromatic carbocycles. The van der Waals surface area contributed by atoms with Crippen LogP contribution in [0, 0.1) is 0 Å². The molecule has 0 spiro atoms. The standard InChI is InChI=1S/C17H16O2/c18-12-14-7-1-2-9-15(14)16-10-5-8-13-6-3-4-11-19-17(13)16/h1-3,5-10,18H,4,11-12H2. The van der Waals surface area contributed by atoms with Crippen molar-refractivity contribution in [3.63, 3.8) is 0 Å². The Hall–Kier alpha value is -2.06. The van der Waals surface area contributed by atoms with Crippen molar-refractivity contribution in [2.75, 3.05) is 6.61 Å². The molecule has 96 valence electrons. The van der Waals surface area contributed by atoms with Gasteiger partial charge in [0, 0.05) is 11.1 Å². The average Bonchev–Trinajstić information content (AvgIpc) is 2.72. The molecule has 0 bridgehead atoms. The van der Waals surface area contributed by atoms with Crippen LogP contribution in [0.25, 0.3) is 17.2 Å². The number of aliphatic hydroxyl groups excluding tert-OH is 1. The van der Waals surface area contributed by atoms with E-state index in [4.69, 9.17) is 4.74 Å². The first-order valence-corrected chi connectivity index (χ1v) is 6.51. The second kappa shape index (κ2) is 5.29. The zero-order chi connectivity index (χ0) is 13.1. The maximum atomic E-state index is 9.48. The fourth-order valence-corrected chi connectivity index (χ4v) is 2.42. The quantitative estimate of drug-likeness (QED) is 0.884. The molecular weight excluding hydrogens is 236 g/mol. The van der Waals surface area contributed by atoms with Gasteiger partial charge in [0.25, 0.3) is 0 Å². The molecule has 1 aliphatic rings. The highest BCUT2D eigenvalue weighted by atomic mass is 16.5. The summed E-state index contributed by atoms with van der Waals surface area (Å²) in [6, 6.07) is 14.0. The monoisotopic (exact) mass is 252 g/mol. The van der Waals surface area contributed by atoms with Crippen molar-refractivity contribution < 1.29 is 9.84 Å². The van der Waals surface area contributed by atoms with Crippen molar-refractivity contribution in [2.24, 2.45) is 0 Å². The summed E-state index contributed by atoms with van der Waals surface area (Å²) in [7, 11) is 0. The maximum absolute atomic E-state index is 9.48. The molecule has 0 radical (unpaired) electrons. The third kappa shape index (κ3) is 2.27. The highest BCUT2D eigenvalue weighted by Gasteiger charge is 2.13. The lowest BCUT2D eigenvalue weighted by molar-refractivity contribution is 0.282. The smallest absolute Gasteiger partial charge is 0.134 e. The predicted molar refractivity (Wildman–Crippen MR) is 76.9 cm³/mol. The minimum Gasteiger partial charge on any atom is -0.492 e. The van der Waals surface area contributed by atoms with Crippen molar-refractivity contribution in [2.45, 2.75) is 13.0 Å². The van der Waals surface area contributed by atoms with Gasteiger partial charge in [-0.2, -0.15) is 0 Å². The van der Waals surface area contributed by atoms with Crippen LogP contribution in [0.5, 0.6) is 5.75 Å². The van der Waals surface area contributed by atoms with Gasteiger partial charge in [0.05, 0.1) is 13.2 Å². The van der Waals surface area contributed by atoms with Crippen molar-refractivity contribution in [3.05, 3.63) is 59.7 Å². The lowest BCUT2D eigenvalue weighted by Crippen LogP contribution is -1.98. The van der Waals surface area contributed by atoms with E-state index in [2.05, 4.69) is 18.2 Å². The summed E-state index contributed by atoms with van der Waals surface area (Å²) in [5.74, 6) is 0.914.